The van der Waals surface area contributed by atoms with Gasteiger partial charge in [-0.2, -0.15) is 0 Å². The van der Waals surface area contributed by atoms with Gasteiger partial charge in [0, 0.05) is 0 Å². The molecule has 0 saturated heterocycles. The van der Waals surface area contributed by atoms with Crippen molar-refractivity contribution in [2.45, 2.75) is 58.3 Å². The topological polar surface area (TPSA) is 46.5 Å². The van der Waals surface area contributed by atoms with Crippen LogP contribution in [0.2, 0.25) is 0 Å². The minimum atomic E-state index is -0.930. The van der Waals surface area contributed by atoms with Crippen molar-refractivity contribution in [3.63, 3.8) is 0 Å². The molecule has 4 rings (SSSR count). The molecule has 0 amide bonds. The summed E-state index contributed by atoms with van der Waals surface area (Å²) in [6.45, 7) is 11.6. The number of carbonyl (C=O) groups is 1. The first-order chi connectivity index (χ1) is 16.1. The summed E-state index contributed by atoms with van der Waals surface area (Å²) in [6, 6.07) is 20.1. The molecule has 176 valence electrons. The zero-order chi connectivity index (χ0) is 24.5. The number of aromatic carboxylic acids is 1. The minimum absolute atomic E-state index is 0.0865. The number of carboxylic acids is 1. The average molecular weight is 455 g/mol. The Morgan fingerprint density at radius 3 is 2.29 bits per heavy atom. The Morgan fingerprint density at radius 1 is 0.941 bits per heavy atom. The lowest BCUT2D eigenvalue weighted by molar-refractivity contribution is 0.0696. The fourth-order valence-corrected chi connectivity index (χ4v) is 4.88. The van der Waals surface area contributed by atoms with E-state index in [9.17, 15) is 9.90 Å². The van der Waals surface area contributed by atoms with Gasteiger partial charge in [0.25, 0.3) is 0 Å². The fourth-order valence-electron chi connectivity index (χ4n) is 4.88. The second-order valence-corrected chi connectivity index (χ2v) is 10.6. The van der Waals surface area contributed by atoms with Crippen molar-refractivity contribution in [2.75, 3.05) is 6.61 Å². The van der Waals surface area contributed by atoms with E-state index in [-0.39, 0.29) is 10.8 Å². The van der Waals surface area contributed by atoms with Gasteiger partial charge in [-0.15, -0.1) is 0 Å². The molecule has 3 aromatic carbocycles. The summed E-state index contributed by atoms with van der Waals surface area (Å²) in [6.07, 6.45) is 6.06. The first-order valence-corrected chi connectivity index (χ1v) is 12.0. The van der Waals surface area contributed by atoms with Crippen molar-refractivity contribution < 1.29 is 14.6 Å². The van der Waals surface area contributed by atoms with E-state index in [4.69, 9.17) is 4.74 Å². The first kappa shape index (κ1) is 23.8. The highest BCUT2D eigenvalue weighted by atomic mass is 16.5. The smallest absolute Gasteiger partial charge is 0.336 e. The minimum Gasteiger partial charge on any atom is -0.490 e. The van der Waals surface area contributed by atoms with Gasteiger partial charge in [-0.25, -0.2) is 4.79 Å². The zero-order valence-electron chi connectivity index (χ0n) is 20.8. The van der Waals surface area contributed by atoms with Gasteiger partial charge in [-0.3, -0.25) is 0 Å². The lowest BCUT2D eigenvalue weighted by atomic mass is 9.63. The summed E-state index contributed by atoms with van der Waals surface area (Å²) in [5, 5.41) is 9.88. The maximum absolute atomic E-state index is 12.0. The third-order valence-corrected chi connectivity index (χ3v) is 7.15. The second kappa shape index (κ2) is 9.13. The van der Waals surface area contributed by atoms with Crippen molar-refractivity contribution >= 4 is 12.0 Å². The number of rotatable bonds is 6. The summed E-state index contributed by atoms with van der Waals surface area (Å²) in [4.78, 5) is 12.0. The Labute approximate surface area is 203 Å². The van der Waals surface area contributed by atoms with E-state index in [1.54, 1.807) is 6.07 Å². The van der Waals surface area contributed by atoms with Crippen LogP contribution in [0.4, 0.5) is 0 Å². The maximum atomic E-state index is 12.0. The summed E-state index contributed by atoms with van der Waals surface area (Å²) in [5.41, 5.74) is 7.13. The Kier molecular flexibility index (Phi) is 6.40. The van der Waals surface area contributed by atoms with Crippen molar-refractivity contribution in [3.05, 3.63) is 94.6 Å². The van der Waals surface area contributed by atoms with Gasteiger partial charge < -0.3 is 9.84 Å². The van der Waals surface area contributed by atoms with Gasteiger partial charge in [-0.1, -0.05) is 81.8 Å². The van der Waals surface area contributed by atoms with Crippen LogP contribution in [-0.4, -0.2) is 17.7 Å². The molecule has 3 aromatic rings. The molecular formula is C31H34O3. The molecule has 34 heavy (non-hydrogen) atoms. The van der Waals surface area contributed by atoms with Crippen LogP contribution in [0.15, 0.2) is 66.7 Å². The third-order valence-electron chi connectivity index (χ3n) is 7.15. The number of carboxylic acid groups (broad SMARTS) is 1. The van der Waals surface area contributed by atoms with Crippen LogP contribution in [0.3, 0.4) is 0 Å². The molecule has 0 atom stereocenters. The quantitative estimate of drug-likeness (QED) is 0.413. The average Bonchev–Trinajstić information content (AvgIpc) is 2.80. The molecule has 3 heteroatoms. The van der Waals surface area contributed by atoms with Crippen LogP contribution in [0.25, 0.3) is 17.2 Å². The molecule has 0 heterocycles. The van der Waals surface area contributed by atoms with E-state index in [0.717, 1.165) is 29.7 Å². The number of hydrogen-bond donors (Lipinski definition) is 1. The molecule has 0 aliphatic heterocycles. The molecular weight excluding hydrogens is 420 g/mol. The van der Waals surface area contributed by atoms with E-state index >= 15 is 0 Å². The molecule has 1 aliphatic rings. The van der Waals surface area contributed by atoms with Crippen LogP contribution in [0.1, 0.15) is 73.1 Å². The third kappa shape index (κ3) is 4.79. The summed E-state index contributed by atoms with van der Waals surface area (Å²) in [7, 11) is 0. The van der Waals surface area contributed by atoms with Crippen molar-refractivity contribution in [1.82, 2.24) is 0 Å². The Morgan fingerprint density at radius 2 is 1.62 bits per heavy atom. The van der Waals surface area contributed by atoms with E-state index in [1.165, 1.54) is 16.7 Å². The predicted molar refractivity (Wildman–Crippen MR) is 140 cm³/mol. The number of benzene rings is 3. The van der Waals surface area contributed by atoms with E-state index in [0.29, 0.717) is 17.7 Å². The molecule has 0 aromatic heterocycles. The van der Waals surface area contributed by atoms with E-state index in [1.807, 2.05) is 55.5 Å². The molecule has 0 unspecified atom stereocenters. The highest BCUT2D eigenvalue weighted by Gasteiger charge is 2.37. The molecule has 0 spiro atoms. The molecule has 0 saturated carbocycles. The van der Waals surface area contributed by atoms with E-state index < -0.39 is 5.97 Å². The van der Waals surface area contributed by atoms with Gasteiger partial charge >= 0.3 is 5.97 Å². The van der Waals surface area contributed by atoms with Gasteiger partial charge in [0.2, 0.25) is 0 Å². The Hall–Kier alpha value is -3.33. The largest absolute Gasteiger partial charge is 0.490 e. The summed E-state index contributed by atoms with van der Waals surface area (Å²) < 4.78 is 5.82. The van der Waals surface area contributed by atoms with Crippen LogP contribution in [0, 0.1) is 6.92 Å². The van der Waals surface area contributed by atoms with Gasteiger partial charge in [0.15, 0.2) is 0 Å². The summed E-state index contributed by atoms with van der Waals surface area (Å²) >= 11 is 0. The predicted octanol–water partition coefficient (Wildman–Crippen LogP) is 7.80. The molecule has 3 nitrogen and oxygen atoms in total. The van der Waals surface area contributed by atoms with Crippen LogP contribution in [-0.2, 0) is 10.8 Å². The number of fused-ring (bicyclic) bond motifs is 1. The molecule has 0 radical (unpaired) electrons. The van der Waals surface area contributed by atoms with Gasteiger partial charge in [0.05, 0.1) is 5.56 Å². The van der Waals surface area contributed by atoms with Crippen LogP contribution in [0.5, 0.6) is 5.75 Å². The second-order valence-electron chi connectivity index (χ2n) is 10.6. The fraction of sp³-hybridized carbons (Fsp3) is 0.323. The monoisotopic (exact) mass is 454 g/mol. The molecule has 0 bridgehead atoms. The van der Waals surface area contributed by atoms with Crippen molar-refractivity contribution in [1.29, 1.82) is 0 Å². The lowest BCUT2D eigenvalue weighted by Crippen LogP contribution is -2.33. The van der Waals surface area contributed by atoms with Gasteiger partial charge in [-0.05, 0) is 82.7 Å². The maximum Gasteiger partial charge on any atom is 0.336 e. The zero-order valence-corrected chi connectivity index (χ0v) is 20.8. The van der Waals surface area contributed by atoms with Gasteiger partial charge in [0.1, 0.15) is 12.4 Å². The van der Waals surface area contributed by atoms with E-state index in [2.05, 4.69) is 45.9 Å². The van der Waals surface area contributed by atoms with Crippen LogP contribution < -0.4 is 4.74 Å². The lowest BCUT2D eigenvalue weighted by Gasteiger charge is -2.42. The number of hydrogen-bond acceptors (Lipinski definition) is 2. The highest BCUT2D eigenvalue weighted by molar-refractivity contribution is 5.96. The highest BCUT2D eigenvalue weighted by Crippen LogP contribution is 2.47. The Balaban J connectivity index is 1.71. The normalized spacial score (nSPS) is 16.3. The van der Waals surface area contributed by atoms with Crippen molar-refractivity contribution in [2.24, 2.45) is 0 Å². The van der Waals surface area contributed by atoms with Crippen LogP contribution >= 0.6 is 0 Å². The summed E-state index contributed by atoms with van der Waals surface area (Å²) in [5.74, 6) is -0.137. The van der Waals surface area contributed by atoms with Crippen molar-refractivity contribution in [3.8, 4) is 16.9 Å². The SMILES string of the molecule is Cc1ccc(OCC=Cc2c(C(=O)O)cccc2-c2ccc3c(c2)C(C)(C)CCC3(C)C)cc1. The molecule has 1 N–H and O–H groups in total. The number of aryl methyl sites for hydroxylation is 1. The first-order valence-electron chi connectivity index (χ1n) is 12.0. The Bertz CT molecular complexity index is 1230. The molecule has 1 aliphatic carbocycles. The molecule has 0 fully saturated rings. The standard InChI is InChI=1S/C31H34O3/c1-21-11-14-23(15-12-21)34-19-7-10-25-24(8-6-9-26(25)29(32)33)22-13-16-27-28(20-22)31(4,5)18-17-30(27,2)3/h6-16,20H,17-19H2,1-5H3,(H,32,33). The number of ether oxygens (including phenoxy) is 1.